The summed E-state index contributed by atoms with van der Waals surface area (Å²) in [6.07, 6.45) is 4.93. The van der Waals surface area contributed by atoms with Crippen molar-refractivity contribution in [1.29, 1.82) is 0 Å². The number of hydrogen-bond acceptors (Lipinski definition) is 3. The van der Waals surface area contributed by atoms with Crippen LogP contribution in [0.5, 0.6) is 5.75 Å². The Hall–Kier alpha value is -1.26. The fourth-order valence-electron chi connectivity index (χ4n) is 2.74. The number of likely N-dealkylation sites (tertiary alicyclic amines) is 1. The van der Waals surface area contributed by atoms with Crippen molar-refractivity contribution in [2.45, 2.75) is 45.1 Å². The van der Waals surface area contributed by atoms with E-state index in [9.17, 15) is 4.79 Å². The van der Waals surface area contributed by atoms with Gasteiger partial charge in [-0.15, -0.1) is 0 Å². The number of carbonyl (C=O) groups is 1. The molecule has 1 aromatic carbocycles. The van der Waals surface area contributed by atoms with Crippen molar-refractivity contribution in [3.63, 3.8) is 0 Å². The van der Waals surface area contributed by atoms with Crippen LogP contribution >= 0.6 is 11.6 Å². The van der Waals surface area contributed by atoms with Gasteiger partial charge in [0, 0.05) is 11.6 Å². The van der Waals surface area contributed by atoms with E-state index in [0.717, 1.165) is 13.0 Å². The minimum Gasteiger partial charge on any atom is -0.478 e. The summed E-state index contributed by atoms with van der Waals surface area (Å²) >= 11 is 5.86. The maximum atomic E-state index is 12.3. The van der Waals surface area contributed by atoms with Crippen LogP contribution in [-0.2, 0) is 4.79 Å². The number of carbonyl (C=O) groups excluding carboxylic acids is 1. The number of benzene rings is 1. The van der Waals surface area contributed by atoms with E-state index in [-0.39, 0.29) is 5.91 Å². The Labute approximate surface area is 144 Å². The van der Waals surface area contributed by atoms with Crippen LogP contribution in [0, 0.1) is 0 Å². The van der Waals surface area contributed by atoms with Gasteiger partial charge >= 0.3 is 0 Å². The van der Waals surface area contributed by atoms with Crippen molar-refractivity contribution >= 4 is 17.5 Å². The van der Waals surface area contributed by atoms with Gasteiger partial charge < -0.3 is 15.0 Å². The molecule has 0 saturated carbocycles. The lowest BCUT2D eigenvalue weighted by Crippen LogP contribution is -2.47. The molecule has 1 aliphatic rings. The first kappa shape index (κ1) is 18.1. The standard InChI is InChI=1S/C18H27ClN2O2/c1-18(2,23-16-9-7-15(19)8-10-16)17(22)20-11-6-14-21-12-4-3-5-13-21/h7-10H,3-6,11-14H2,1-2H3,(H,20,22). The summed E-state index contributed by atoms with van der Waals surface area (Å²) in [6.45, 7) is 7.68. The quantitative estimate of drug-likeness (QED) is 0.774. The number of nitrogens with one attached hydrogen (secondary N) is 1. The first-order valence-electron chi connectivity index (χ1n) is 8.42. The van der Waals surface area contributed by atoms with Gasteiger partial charge in [0.1, 0.15) is 5.75 Å². The Morgan fingerprint density at radius 1 is 1.22 bits per heavy atom. The predicted octanol–water partition coefficient (Wildman–Crippen LogP) is 3.49. The van der Waals surface area contributed by atoms with Gasteiger partial charge in [0.05, 0.1) is 0 Å². The Morgan fingerprint density at radius 3 is 2.52 bits per heavy atom. The van der Waals surface area contributed by atoms with Crippen LogP contribution in [0.25, 0.3) is 0 Å². The molecule has 0 aromatic heterocycles. The summed E-state index contributed by atoms with van der Waals surface area (Å²) in [5, 5.41) is 3.63. The normalized spacial score (nSPS) is 16.1. The zero-order valence-electron chi connectivity index (χ0n) is 14.1. The molecule has 23 heavy (non-hydrogen) atoms. The van der Waals surface area contributed by atoms with Crippen LogP contribution in [0.3, 0.4) is 0 Å². The van der Waals surface area contributed by atoms with E-state index in [0.29, 0.717) is 17.3 Å². The summed E-state index contributed by atoms with van der Waals surface area (Å²) < 4.78 is 5.78. The average molecular weight is 339 g/mol. The molecule has 0 spiro atoms. The largest absolute Gasteiger partial charge is 0.478 e. The predicted molar refractivity (Wildman–Crippen MR) is 94.1 cm³/mol. The number of hydrogen-bond donors (Lipinski definition) is 1. The van der Waals surface area contributed by atoms with Crippen molar-refractivity contribution in [1.82, 2.24) is 10.2 Å². The summed E-state index contributed by atoms with van der Waals surface area (Å²) in [5.41, 5.74) is -0.904. The van der Waals surface area contributed by atoms with Gasteiger partial charge in [-0.25, -0.2) is 0 Å². The molecule has 0 aliphatic carbocycles. The third kappa shape index (κ3) is 6.04. The molecule has 0 radical (unpaired) electrons. The molecule has 1 saturated heterocycles. The van der Waals surface area contributed by atoms with Crippen molar-refractivity contribution in [3.05, 3.63) is 29.3 Å². The minimum absolute atomic E-state index is 0.0916. The van der Waals surface area contributed by atoms with Crippen molar-refractivity contribution in [2.24, 2.45) is 0 Å². The molecule has 1 aliphatic heterocycles. The molecule has 0 bridgehead atoms. The van der Waals surface area contributed by atoms with E-state index in [1.807, 2.05) is 0 Å². The molecule has 1 N–H and O–H groups in total. The Morgan fingerprint density at radius 2 is 1.87 bits per heavy atom. The lowest BCUT2D eigenvalue weighted by atomic mass is 10.1. The highest BCUT2D eigenvalue weighted by Crippen LogP contribution is 2.21. The molecular weight excluding hydrogens is 312 g/mol. The number of piperidine rings is 1. The number of rotatable bonds is 7. The van der Waals surface area contributed by atoms with Crippen LogP contribution in [0.1, 0.15) is 39.5 Å². The van der Waals surface area contributed by atoms with E-state index in [1.54, 1.807) is 38.1 Å². The van der Waals surface area contributed by atoms with Crippen molar-refractivity contribution in [2.75, 3.05) is 26.2 Å². The fourth-order valence-corrected chi connectivity index (χ4v) is 2.87. The molecule has 0 atom stereocenters. The molecule has 2 rings (SSSR count). The van der Waals surface area contributed by atoms with Crippen molar-refractivity contribution < 1.29 is 9.53 Å². The molecule has 128 valence electrons. The lowest BCUT2D eigenvalue weighted by Gasteiger charge is -2.27. The maximum absolute atomic E-state index is 12.3. The van der Waals surface area contributed by atoms with Crippen LogP contribution in [0.2, 0.25) is 5.02 Å². The number of nitrogens with zero attached hydrogens (tertiary/aromatic N) is 1. The molecular formula is C18H27ClN2O2. The van der Waals surface area contributed by atoms with Crippen molar-refractivity contribution in [3.8, 4) is 5.75 Å². The monoisotopic (exact) mass is 338 g/mol. The Kier molecular flexibility index (Phi) is 6.72. The van der Waals surface area contributed by atoms with Gasteiger partial charge in [-0.05, 0) is 77.0 Å². The average Bonchev–Trinajstić information content (AvgIpc) is 2.54. The van der Waals surface area contributed by atoms with E-state index in [4.69, 9.17) is 16.3 Å². The van der Waals surface area contributed by atoms with Gasteiger partial charge in [0.2, 0.25) is 0 Å². The second kappa shape index (κ2) is 8.55. The van der Waals surface area contributed by atoms with Crippen LogP contribution in [0.4, 0.5) is 0 Å². The summed E-state index contributed by atoms with van der Waals surface area (Å²) in [7, 11) is 0. The second-order valence-corrected chi connectivity index (χ2v) is 7.01. The third-order valence-electron chi connectivity index (χ3n) is 4.12. The topological polar surface area (TPSA) is 41.6 Å². The molecule has 1 heterocycles. The Bertz CT molecular complexity index is 496. The minimum atomic E-state index is -0.904. The number of ether oxygens (including phenoxy) is 1. The fraction of sp³-hybridized carbons (Fsp3) is 0.611. The SMILES string of the molecule is CC(C)(Oc1ccc(Cl)cc1)C(=O)NCCCN1CCCCC1. The first-order valence-corrected chi connectivity index (χ1v) is 8.80. The van der Waals surface area contributed by atoms with Gasteiger partial charge in [-0.2, -0.15) is 0 Å². The molecule has 5 heteroatoms. The number of amides is 1. The number of halogens is 1. The first-order chi connectivity index (χ1) is 11.0. The smallest absolute Gasteiger partial charge is 0.263 e. The van der Waals surface area contributed by atoms with Gasteiger partial charge in [-0.3, -0.25) is 4.79 Å². The van der Waals surface area contributed by atoms with E-state index in [1.165, 1.54) is 32.4 Å². The molecule has 4 nitrogen and oxygen atoms in total. The van der Waals surface area contributed by atoms with Crippen LogP contribution in [0.15, 0.2) is 24.3 Å². The maximum Gasteiger partial charge on any atom is 0.263 e. The molecule has 1 amide bonds. The van der Waals surface area contributed by atoms with Gasteiger partial charge in [0.15, 0.2) is 5.60 Å². The van der Waals surface area contributed by atoms with Crippen LogP contribution in [-0.4, -0.2) is 42.6 Å². The molecule has 1 aromatic rings. The third-order valence-corrected chi connectivity index (χ3v) is 4.37. The molecule has 0 unspecified atom stereocenters. The zero-order valence-corrected chi connectivity index (χ0v) is 14.9. The highest BCUT2D eigenvalue weighted by Gasteiger charge is 2.29. The Balaban J connectivity index is 1.71. The van der Waals surface area contributed by atoms with E-state index >= 15 is 0 Å². The lowest BCUT2D eigenvalue weighted by molar-refractivity contribution is -0.134. The molecule has 1 fully saturated rings. The van der Waals surface area contributed by atoms with E-state index in [2.05, 4.69) is 10.2 Å². The summed E-state index contributed by atoms with van der Waals surface area (Å²) in [5.74, 6) is 0.550. The van der Waals surface area contributed by atoms with Gasteiger partial charge in [0.25, 0.3) is 5.91 Å². The van der Waals surface area contributed by atoms with Crippen LogP contribution < -0.4 is 10.1 Å². The highest BCUT2D eigenvalue weighted by atomic mass is 35.5. The summed E-state index contributed by atoms with van der Waals surface area (Å²) in [4.78, 5) is 14.8. The highest BCUT2D eigenvalue weighted by molar-refractivity contribution is 6.30. The summed E-state index contributed by atoms with van der Waals surface area (Å²) in [6, 6.07) is 7.05. The zero-order chi connectivity index (χ0) is 16.7. The van der Waals surface area contributed by atoms with Gasteiger partial charge in [-0.1, -0.05) is 18.0 Å². The van der Waals surface area contributed by atoms with E-state index < -0.39 is 5.60 Å². The second-order valence-electron chi connectivity index (χ2n) is 6.58.